The highest BCUT2D eigenvalue weighted by molar-refractivity contribution is 7.09. The standard InChI is InChI=1S/C13H18N2O5S/c1-20-11(16)5-4-10(12(17)18)15-13(19)14-7-6-9-3-2-8-21-9/h2-3,8,10H,4-7H2,1H3,(H,17,18)(H2,14,15,19)/t10-/m1/s1. The lowest BCUT2D eigenvalue weighted by Gasteiger charge is -2.14. The van der Waals surface area contributed by atoms with Crippen LogP contribution in [0.2, 0.25) is 0 Å². The van der Waals surface area contributed by atoms with Crippen molar-refractivity contribution < 1.29 is 24.2 Å². The van der Waals surface area contributed by atoms with E-state index in [0.29, 0.717) is 13.0 Å². The molecule has 0 saturated carbocycles. The normalized spacial score (nSPS) is 11.5. The number of carbonyl (C=O) groups is 3. The maximum absolute atomic E-state index is 11.6. The summed E-state index contributed by atoms with van der Waals surface area (Å²) < 4.78 is 4.43. The minimum absolute atomic E-state index is 0.0135. The molecule has 0 aliphatic rings. The van der Waals surface area contributed by atoms with E-state index >= 15 is 0 Å². The largest absolute Gasteiger partial charge is 0.480 e. The summed E-state index contributed by atoms with van der Waals surface area (Å²) in [4.78, 5) is 34.7. The van der Waals surface area contributed by atoms with Crippen molar-refractivity contribution in [3.63, 3.8) is 0 Å². The molecular weight excluding hydrogens is 296 g/mol. The molecule has 7 nitrogen and oxygen atoms in total. The Morgan fingerprint density at radius 1 is 1.43 bits per heavy atom. The van der Waals surface area contributed by atoms with E-state index < -0.39 is 24.0 Å². The SMILES string of the molecule is COC(=O)CC[C@@H](NC(=O)NCCc1cccs1)C(=O)O. The molecular formula is C13H18N2O5S. The van der Waals surface area contributed by atoms with E-state index in [2.05, 4.69) is 15.4 Å². The molecule has 0 bridgehead atoms. The average Bonchev–Trinajstić information content (AvgIpc) is 2.95. The van der Waals surface area contributed by atoms with Gasteiger partial charge >= 0.3 is 18.0 Å². The van der Waals surface area contributed by atoms with Crippen molar-refractivity contribution in [3.05, 3.63) is 22.4 Å². The van der Waals surface area contributed by atoms with Crippen molar-refractivity contribution in [2.75, 3.05) is 13.7 Å². The summed E-state index contributed by atoms with van der Waals surface area (Å²) in [6.07, 6.45) is 0.605. The van der Waals surface area contributed by atoms with Crippen LogP contribution < -0.4 is 10.6 Å². The second-order valence-corrected chi connectivity index (χ2v) is 5.27. The first-order valence-corrected chi connectivity index (χ1v) is 7.27. The van der Waals surface area contributed by atoms with Crippen LogP contribution in [0.25, 0.3) is 0 Å². The van der Waals surface area contributed by atoms with Crippen molar-refractivity contribution in [1.82, 2.24) is 10.6 Å². The number of thiophene rings is 1. The van der Waals surface area contributed by atoms with Gasteiger partial charge in [0.1, 0.15) is 6.04 Å². The van der Waals surface area contributed by atoms with Gasteiger partial charge in [0, 0.05) is 17.8 Å². The van der Waals surface area contributed by atoms with Crippen LogP contribution in [0.5, 0.6) is 0 Å². The molecule has 0 aromatic carbocycles. The molecule has 116 valence electrons. The van der Waals surface area contributed by atoms with E-state index in [0.717, 1.165) is 4.88 Å². The summed E-state index contributed by atoms with van der Waals surface area (Å²) >= 11 is 1.59. The van der Waals surface area contributed by atoms with Crippen LogP contribution in [0.4, 0.5) is 4.79 Å². The van der Waals surface area contributed by atoms with Crippen LogP contribution >= 0.6 is 11.3 Å². The van der Waals surface area contributed by atoms with Crippen molar-refractivity contribution >= 4 is 29.3 Å². The van der Waals surface area contributed by atoms with Gasteiger partial charge in [0.05, 0.1) is 7.11 Å². The van der Waals surface area contributed by atoms with Crippen molar-refractivity contribution in [2.45, 2.75) is 25.3 Å². The maximum Gasteiger partial charge on any atom is 0.326 e. The van der Waals surface area contributed by atoms with Gasteiger partial charge in [-0.05, 0) is 24.3 Å². The van der Waals surface area contributed by atoms with E-state index in [1.54, 1.807) is 11.3 Å². The number of amides is 2. The Kier molecular flexibility index (Phi) is 7.24. The van der Waals surface area contributed by atoms with E-state index in [-0.39, 0.29) is 12.8 Å². The van der Waals surface area contributed by atoms with E-state index in [1.807, 2.05) is 17.5 Å². The smallest absolute Gasteiger partial charge is 0.326 e. The molecule has 0 aliphatic carbocycles. The fourth-order valence-electron chi connectivity index (χ4n) is 1.58. The summed E-state index contributed by atoms with van der Waals surface area (Å²) in [6.45, 7) is 0.412. The monoisotopic (exact) mass is 314 g/mol. The molecule has 0 aliphatic heterocycles. The molecule has 1 aromatic rings. The topological polar surface area (TPSA) is 105 Å². The lowest BCUT2D eigenvalue weighted by Crippen LogP contribution is -2.46. The summed E-state index contributed by atoms with van der Waals surface area (Å²) in [6, 6.07) is 2.20. The predicted molar refractivity (Wildman–Crippen MR) is 77.2 cm³/mol. The van der Waals surface area contributed by atoms with Crippen LogP contribution in [0.1, 0.15) is 17.7 Å². The Bertz CT molecular complexity index is 475. The van der Waals surface area contributed by atoms with Crippen molar-refractivity contribution in [2.24, 2.45) is 0 Å². The second-order valence-electron chi connectivity index (χ2n) is 4.24. The summed E-state index contributed by atoms with van der Waals surface area (Å²) in [5.74, 6) is -1.70. The molecule has 0 unspecified atom stereocenters. The first kappa shape index (κ1) is 17.0. The number of urea groups is 1. The molecule has 8 heteroatoms. The number of aliphatic carboxylic acids is 1. The summed E-state index contributed by atoms with van der Waals surface area (Å²) in [7, 11) is 1.23. The number of carboxylic acids is 1. The molecule has 3 N–H and O–H groups in total. The number of hydrogen-bond donors (Lipinski definition) is 3. The second kappa shape index (κ2) is 8.96. The molecule has 1 rings (SSSR count). The fourth-order valence-corrected chi connectivity index (χ4v) is 2.29. The summed E-state index contributed by atoms with van der Waals surface area (Å²) in [5, 5.41) is 15.8. The minimum atomic E-state index is -1.19. The van der Waals surface area contributed by atoms with Crippen LogP contribution in [-0.4, -0.2) is 42.8 Å². The van der Waals surface area contributed by atoms with Crippen LogP contribution in [0.15, 0.2) is 17.5 Å². The number of hydrogen-bond acceptors (Lipinski definition) is 5. The Labute approximate surface area is 126 Å². The quantitative estimate of drug-likeness (QED) is 0.621. The van der Waals surface area contributed by atoms with Gasteiger partial charge < -0.3 is 20.5 Å². The molecule has 1 atom stereocenters. The first-order chi connectivity index (χ1) is 10.0. The lowest BCUT2D eigenvalue weighted by molar-refractivity contribution is -0.142. The Morgan fingerprint density at radius 2 is 2.19 bits per heavy atom. The number of esters is 1. The predicted octanol–water partition coefficient (Wildman–Crippen LogP) is 0.996. The zero-order valence-corrected chi connectivity index (χ0v) is 12.4. The number of rotatable bonds is 8. The number of nitrogens with one attached hydrogen (secondary N) is 2. The molecule has 1 heterocycles. The van der Waals surface area contributed by atoms with Gasteiger partial charge in [-0.3, -0.25) is 4.79 Å². The van der Waals surface area contributed by atoms with E-state index in [1.165, 1.54) is 7.11 Å². The highest BCUT2D eigenvalue weighted by atomic mass is 32.1. The zero-order chi connectivity index (χ0) is 15.7. The van der Waals surface area contributed by atoms with Crippen LogP contribution in [-0.2, 0) is 20.7 Å². The van der Waals surface area contributed by atoms with E-state index in [4.69, 9.17) is 5.11 Å². The van der Waals surface area contributed by atoms with Crippen molar-refractivity contribution in [3.8, 4) is 0 Å². The molecule has 0 fully saturated rings. The van der Waals surface area contributed by atoms with Gasteiger partial charge in [0.2, 0.25) is 0 Å². The third kappa shape index (κ3) is 6.75. The molecule has 1 aromatic heterocycles. The van der Waals surface area contributed by atoms with Gasteiger partial charge in [0.25, 0.3) is 0 Å². The maximum atomic E-state index is 11.6. The minimum Gasteiger partial charge on any atom is -0.480 e. The van der Waals surface area contributed by atoms with Gasteiger partial charge in [0.15, 0.2) is 0 Å². The third-order valence-electron chi connectivity index (χ3n) is 2.71. The number of ether oxygens (including phenoxy) is 1. The highest BCUT2D eigenvalue weighted by Gasteiger charge is 2.20. The van der Waals surface area contributed by atoms with Gasteiger partial charge in [-0.2, -0.15) is 0 Å². The van der Waals surface area contributed by atoms with Gasteiger partial charge in [-0.25, -0.2) is 9.59 Å². The molecule has 2 amide bonds. The van der Waals surface area contributed by atoms with E-state index in [9.17, 15) is 14.4 Å². The molecule has 0 saturated heterocycles. The highest BCUT2D eigenvalue weighted by Crippen LogP contribution is 2.08. The first-order valence-electron chi connectivity index (χ1n) is 6.39. The van der Waals surface area contributed by atoms with Crippen molar-refractivity contribution in [1.29, 1.82) is 0 Å². The number of carbonyl (C=O) groups excluding carboxylic acids is 2. The molecule has 0 radical (unpaired) electrons. The Balaban J connectivity index is 2.31. The fraction of sp³-hybridized carbons (Fsp3) is 0.462. The lowest BCUT2D eigenvalue weighted by atomic mass is 10.1. The zero-order valence-electron chi connectivity index (χ0n) is 11.6. The van der Waals surface area contributed by atoms with Crippen LogP contribution in [0.3, 0.4) is 0 Å². The molecule has 21 heavy (non-hydrogen) atoms. The summed E-state index contributed by atoms with van der Waals surface area (Å²) in [5.41, 5.74) is 0. The van der Waals surface area contributed by atoms with Gasteiger partial charge in [-0.15, -0.1) is 11.3 Å². The number of methoxy groups -OCH3 is 1. The van der Waals surface area contributed by atoms with Crippen LogP contribution in [0, 0.1) is 0 Å². The Morgan fingerprint density at radius 3 is 2.76 bits per heavy atom. The number of carboxylic acid groups (broad SMARTS) is 1. The van der Waals surface area contributed by atoms with Gasteiger partial charge in [-0.1, -0.05) is 6.07 Å². The molecule has 0 spiro atoms. The third-order valence-corrected chi connectivity index (χ3v) is 3.64. The Hall–Kier alpha value is -2.09. The average molecular weight is 314 g/mol.